The molecule has 3 heterocycles. The third-order valence-corrected chi connectivity index (χ3v) is 10.3. The van der Waals surface area contributed by atoms with Crippen LogP contribution in [0.1, 0.15) is 66.1 Å². The van der Waals surface area contributed by atoms with Crippen LogP contribution in [0.15, 0.2) is 42.5 Å². The molecule has 300 valence electrons. The lowest BCUT2D eigenvalue weighted by Gasteiger charge is -2.23. The standard InChI is InChI=1S/C37H31ClF7N7O4S/c1-35(2,54)10-9-20-5-6-21(22-7-8-25(38)29-31(22)51(3)49-34(29)50-57(4,55)56)30(46-20)26(13-17-11-18(39)14-19(40)12-17)47-27(53)16-52-33-28(32(48-52)37(43,44)45)23-15-24(23)36(33,41)42/h5-8,11-12,14,23-24,26,54H,13,15-16H2,1-4H3,(H,47,53)(H,49,50)/t23-,24+,26-/m0/s1. The number of rotatable bonds is 9. The van der Waals surface area contributed by atoms with Crippen molar-refractivity contribution in [2.24, 2.45) is 13.0 Å². The maximum atomic E-state index is 15.4. The van der Waals surface area contributed by atoms with Crippen molar-refractivity contribution in [3.8, 4) is 23.0 Å². The summed E-state index contributed by atoms with van der Waals surface area (Å²) in [6.07, 6.45) is -4.74. The second-order valence-electron chi connectivity index (χ2n) is 14.5. The number of carbonyl (C=O) groups is 1. The minimum atomic E-state index is -5.08. The second kappa shape index (κ2) is 13.7. The van der Waals surface area contributed by atoms with Crippen molar-refractivity contribution in [3.63, 3.8) is 0 Å². The van der Waals surface area contributed by atoms with Crippen molar-refractivity contribution in [1.29, 1.82) is 0 Å². The molecule has 1 saturated carbocycles. The number of anilines is 1. The first-order valence-electron chi connectivity index (χ1n) is 17.1. The second-order valence-corrected chi connectivity index (χ2v) is 16.7. The summed E-state index contributed by atoms with van der Waals surface area (Å²) in [5.74, 6) is -3.94. The van der Waals surface area contributed by atoms with E-state index in [0.717, 1.165) is 18.4 Å². The molecule has 11 nitrogen and oxygen atoms in total. The maximum absolute atomic E-state index is 15.4. The van der Waals surface area contributed by atoms with Gasteiger partial charge >= 0.3 is 6.18 Å². The number of halogens is 8. The number of hydrogen-bond acceptors (Lipinski definition) is 7. The zero-order valence-corrected chi connectivity index (χ0v) is 31.8. The van der Waals surface area contributed by atoms with Gasteiger partial charge in [-0.15, -0.1) is 0 Å². The Bertz CT molecular complexity index is 2640. The van der Waals surface area contributed by atoms with Gasteiger partial charge in [-0.25, -0.2) is 22.2 Å². The summed E-state index contributed by atoms with van der Waals surface area (Å²) in [5, 5.41) is 20.9. The number of hydrogen-bond donors (Lipinski definition) is 3. The van der Waals surface area contributed by atoms with Crippen LogP contribution in [0.5, 0.6) is 0 Å². The fourth-order valence-corrected chi connectivity index (χ4v) is 7.98. The quantitative estimate of drug-likeness (QED) is 0.112. The maximum Gasteiger partial charge on any atom is 0.435 e. The van der Waals surface area contributed by atoms with Gasteiger partial charge in [-0.2, -0.15) is 32.1 Å². The Balaban J connectivity index is 1.39. The Kier molecular flexibility index (Phi) is 9.64. The zero-order chi connectivity index (χ0) is 41.6. The minimum Gasteiger partial charge on any atom is -0.378 e. The number of benzene rings is 2. The minimum absolute atomic E-state index is 0.00841. The molecule has 1 fully saturated rings. The van der Waals surface area contributed by atoms with Gasteiger partial charge in [0, 0.05) is 35.7 Å². The van der Waals surface area contributed by atoms with Crippen molar-refractivity contribution < 1.29 is 49.1 Å². The van der Waals surface area contributed by atoms with E-state index in [-0.39, 0.29) is 50.7 Å². The number of aryl methyl sites for hydroxylation is 1. The molecule has 0 aliphatic heterocycles. The van der Waals surface area contributed by atoms with Gasteiger partial charge in [0.15, 0.2) is 11.5 Å². The summed E-state index contributed by atoms with van der Waals surface area (Å²) >= 11 is 6.55. The molecule has 2 aliphatic rings. The lowest BCUT2D eigenvalue weighted by atomic mass is 9.93. The van der Waals surface area contributed by atoms with Crippen LogP contribution < -0.4 is 10.0 Å². The molecule has 0 unspecified atom stereocenters. The number of aliphatic hydroxyl groups is 1. The fraction of sp³-hybridized carbons (Fsp3) is 0.351. The van der Waals surface area contributed by atoms with Crippen LogP contribution in [0.3, 0.4) is 0 Å². The van der Waals surface area contributed by atoms with Crippen LogP contribution in [0.4, 0.5) is 36.6 Å². The number of amides is 1. The van der Waals surface area contributed by atoms with Crippen LogP contribution in [-0.2, 0) is 46.9 Å². The Morgan fingerprint density at radius 1 is 1.09 bits per heavy atom. The third kappa shape index (κ3) is 7.90. The SMILES string of the molecule is Cn1nc(NS(C)(=O)=O)c2c(Cl)ccc(-c3ccc(C#CC(C)(C)O)nc3[C@H](Cc3cc(F)cc(F)c3)NC(=O)Cn3nc(C(F)(F)F)c4c3C(F)(F)[C@@H]3C[C@H]43)c21. The molecule has 7 rings (SSSR count). The number of aromatic nitrogens is 5. The van der Waals surface area contributed by atoms with Gasteiger partial charge in [-0.05, 0) is 74.4 Å². The molecule has 2 aromatic carbocycles. The van der Waals surface area contributed by atoms with Crippen molar-refractivity contribution >= 4 is 44.3 Å². The lowest BCUT2D eigenvalue weighted by molar-refractivity contribution is -0.142. The Hall–Kier alpha value is -5.19. The fourth-order valence-electron chi connectivity index (χ4n) is 7.25. The molecule has 3 atom stereocenters. The van der Waals surface area contributed by atoms with Gasteiger partial charge < -0.3 is 10.4 Å². The normalized spacial score (nSPS) is 17.8. The highest BCUT2D eigenvalue weighted by Gasteiger charge is 2.68. The van der Waals surface area contributed by atoms with Crippen LogP contribution in [0.25, 0.3) is 22.0 Å². The molecule has 0 spiro atoms. The number of sulfonamides is 1. The van der Waals surface area contributed by atoms with Crippen molar-refractivity contribution in [2.75, 3.05) is 11.0 Å². The molecule has 1 amide bonds. The van der Waals surface area contributed by atoms with E-state index in [2.05, 4.69) is 37.1 Å². The molecule has 0 radical (unpaired) electrons. The highest BCUT2D eigenvalue weighted by molar-refractivity contribution is 7.92. The van der Waals surface area contributed by atoms with Gasteiger partial charge in [-0.1, -0.05) is 23.6 Å². The van der Waals surface area contributed by atoms with E-state index in [0.29, 0.717) is 16.3 Å². The number of pyridine rings is 1. The molecule has 57 heavy (non-hydrogen) atoms. The Morgan fingerprint density at radius 2 is 1.75 bits per heavy atom. The van der Waals surface area contributed by atoms with Crippen LogP contribution in [0, 0.1) is 29.4 Å². The summed E-state index contributed by atoms with van der Waals surface area (Å²) in [6, 6.07) is 7.14. The number of nitrogens with zero attached hydrogens (tertiary/aromatic N) is 5. The largest absolute Gasteiger partial charge is 0.435 e. The van der Waals surface area contributed by atoms with Gasteiger partial charge in [0.1, 0.15) is 35.2 Å². The van der Waals surface area contributed by atoms with Crippen molar-refractivity contribution in [2.45, 2.75) is 62.9 Å². The van der Waals surface area contributed by atoms with Crippen molar-refractivity contribution in [3.05, 3.63) is 93.0 Å². The third-order valence-electron chi connectivity index (χ3n) is 9.45. The summed E-state index contributed by atoms with van der Waals surface area (Å²) in [4.78, 5) is 18.5. The first kappa shape index (κ1) is 40.0. The number of carbonyl (C=O) groups excluding carboxylic acids is 1. The van der Waals surface area contributed by atoms with Crippen LogP contribution >= 0.6 is 11.6 Å². The van der Waals surface area contributed by atoms with Gasteiger partial charge in [0.2, 0.25) is 15.9 Å². The summed E-state index contributed by atoms with van der Waals surface area (Å²) in [6.45, 7) is 1.73. The Morgan fingerprint density at radius 3 is 2.39 bits per heavy atom. The molecule has 20 heteroatoms. The van der Waals surface area contributed by atoms with E-state index >= 15 is 8.78 Å². The van der Waals surface area contributed by atoms with E-state index in [1.165, 1.54) is 43.8 Å². The Labute approximate surface area is 325 Å². The average Bonchev–Trinajstić information content (AvgIpc) is 3.61. The van der Waals surface area contributed by atoms with E-state index in [4.69, 9.17) is 11.6 Å². The van der Waals surface area contributed by atoms with Gasteiger partial charge in [0.05, 0.1) is 33.9 Å². The predicted molar refractivity (Wildman–Crippen MR) is 194 cm³/mol. The average molecular weight is 838 g/mol. The molecule has 0 saturated heterocycles. The van der Waals surface area contributed by atoms with Crippen molar-refractivity contribution in [1.82, 2.24) is 29.9 Å². The highest BCUT2D eigenvalue weighted by atomic mass is 35.5. The van der Waals surface area contributed by atoms with E-state index < -0.39 is 93.1 Å². The lowest BCUT2D eigenvalue weighted by Crippen LogP contribution is -2.35. The summed E-state index contributed by atoms with van der Waals surface area (Å²) in [5.41, 5.74) is -3.87. The van der Waals surface area contributed by atoms with Gasteiger partial charge in [-0.3, -0.25) is 18.9 Å². The number of fused-ring (bicyclic) bond motifs is 4. The van der Waals surface area contributed by atoms with E-state index in [1.807, 2.05) is 0 Å². The number of alkyl halides is 5. The number of nitrogens with one attached hydrogen (secondary N) is 2. The molecule has 3 aromatic heterocycles. The first-order chi connectivity index (χ1) is 26.4. The molecular formula is C37H31ClF7N7O4S. The molecule has 2 aliphatic carbocycles. The van der Waals surface area contributed by atoms with Crippen LogP contribution in [-0.4, -0.2) is 55.8 Å². The molecular weight excluding hydrogens is 807 g/mol. The topological polar surface area (TPSA) is 144 Å². The summed E-state index contributed by atoms with van der Waals surface area (Å²) in [7, 11) is -2.35. The van der Waals surface area contributed by atoms with Gasteiger partial charge in [0.25, 0.3) is 5.92 Å². The monoisotopic (exact) mass is 837 g/mol. The molecule has 3 N–H and O–H groups in total. The first-order valence-corrected chi connectivity index (χ1v) is 19.4. The highest BCUT2D eigenvalue weighted by Crippen LogP contribution is 2.68. The smallest absolute Gasteiger partial charge is 0.378 e. The molecule has 0 bridgehead atoms. The van der Waals surface area contributed by atoms with E-state index in [9.17, 15) is 40.3 Å². The zero-order valence-electron chi connectivity index (χ0n) is 30.2. The van der Waals surface area contributed by atoms with Crippen LogP contribution in [0.2, 0.25) is 5.02 Å². The van der Waals surface area contributed by atoms with E-state index in [1.54, 1.807) is 6.07 Å². The predicted octanol–water partition coefficient (Wildman–Crippen LogP) is 6.59. The summed E-state index contributed by atoms with van der Waals surface area (Å²) < 4.78 is 130. The molecule has 5 aromatic rings.